The SMILES string of the molecule is Cc1ccnc(Nc2ccc(N3CCN(S(=O)(=O)Cc4ccc(F)cc4)CC3)nn2)c1. The molecule has 1 fully saturated rings. The molecule has 1 N–H and O–H groups in total. The van der Waals surface area contributed by atoms with Crippen LogP contribution >= 0.6 is 0 Å². The summed E-state index contributed by atoms with van der Waals surface area (Å²) in [7, 11) is -3.47. The minimum atomic E-state index is -3.47. The Balaban J connectivity index is 1.34. The molecule has 0 unspecified atom stereocenters. The van der Waals surface area contributed by atoms with Gasteiger partial charge in [0.1, 0.15) is 11.6 Å². The number of aryl methyl sites for hydroxylation is 1. The second-order valence-electron chi connectivity index (χ2n) is 7.39. The summed E-state index contributed by atoms with van der Waals surface area (Å²) in [6.45, 7) is 3.74. The van der Waals surface area contributed by atoms with Crippen LogP contribution in [0.15, 0.2) is 54.7 Å². The highest BCUT2D eigenvalue weighted by molar-refractivity contribution is 7.88. The van der Waals surface area contributed by atoms with Gasteiger partial charge in [0.15, 0.2) is 11.6 Å². The van der Waals surface area contributed by atoms with Crippen molar-refractivity contribution in [1.82, 2.24) is 19.5 Å². The summed E-state index contributed by atoms with van der Waals surface area (Å²) in [5, 5.41) is 11.6. The number of rotatable bonds is 6. The summed E-state index contributed by atoms with van der Waals surface area (Å²) >= 11 is 0. The fourth-order valence-corrected chi connectivity index (χ4v) is 4.89. The molecule has 1 aliphatic rings. The van der Waals surface area contributed by atoms with E-state index in [0.29, 0.717) is 49.2 Å². The van der Waals surface area contributed by atoms with E-state index in [-0.39, 0.29) is 11.6 Å². The Bertz CT molecular complexity index is 1130. The molecule has 3 aromatic rings. The van der Waals surface area contributed by atoms with E-state index in [4.69, 9.17) is 0 Å². The van der Waals surface area contributed by atoms with E-state index in [2.05, 4.69) is 20.5 Å². The molecule has 0 atom stereocenters. The first-order chi connectivity index (χ1) is 14.9. The van der Waals surface area contributed by atoms with Gasteiger partial charge in [-0.15, -0.1) is 10.2 Å². The van der Waals surface area contributed by atoms with E-state index in [0.717, 1.165) is 5.56 Å². The molecular weight excluding hydrogens is 419 g/mol. The Kier molecular flexibility index (Phi) is 6.10. The highest BCUT2D eigenvalue weighted by atomic mass is 32.2. The smallest absolute Gasteiger partial charge is 0.218 e. The van der Waals surface area contributed by atoms with Crippen LogP contribution in [0.3, 0.4) is 0 Å². The van der Waals surface area contributed by atoms with Crippen molar-refractivity contribution in [3.8, 4) is 0 Å². The van der Waals surface area contributed by atoms with Gasteiger partial charge in [0.05, 0.1) is 5.75 Å². The normalized spacial score (nSPS) is 15.1. The monoisotopic (exact) mass is 442 g/mol. The van der Waals surface area contributed by atoms with Crippen molar-refractivity contribution in [2.75, 3.05) is 36.4 Å². The minimum absolute atomic E-state index is 0.138. The molecule has 0 radical (unpaired) electrons. The average molecular weight is 443 g/mol. The third-order valence-electron chi connectivity index (χ3n) is 5.04. The lowest BCUT2D eigenvalue weighted by Gasteiger charge is -2.34. The summed E-state index contributed by atoms with van der Waals surface area (Å²) in [5.41, 5.74) is 1.66. The third-order valence-corrected chi connectivity index (χ3v) is 6.89. The van der Waals surface area contributed by atoms with Crippen molar-refractivity contribution in [3.63, 3.8) is 0 Å². The van der Waals surface area contributed by atoms with Gasteiger partial charge in [-0.2, -0.15) is 4.31 Å². The number of pyridine rings is 1. The number of benzene rings is 1. The van der Waals surface area contributed by atoms with Gasteiger partial charge >= 0.3 is 0 Å². The zero-order valence-corrected chi connectivity index (χ0v) is 17.9. The van der Waals surface area contributed by atoms with Gasteiger partial charge in [-0.1, -0.05) is 12.1 Å². The molecule has 0 amide bonds. The topological polar surface area (TPSA) is 91.3 Å². The molecule has 0 aliphatic carbocycles. The second-order valence-corrected chi connectivity index (χ2v) is 9.36. The highest BCUT2D eigenvalue weighted by Crippen LogP contribution is 2.19. The van der Waals surface area contributed by atoms with E-state index in [1.54, 1.807) is 6.20 Å². The number of piperazine rings is 1. The van der Waals surface area contributed by atoms with Crippen molar-refractivity contribution in [1.29, 1.82) is 0 Å². The standard InChI is InChI=1S/C21H23FN6O2S/c1-16-8-9-23-20(14-16)24-19-6-7-21(26-25-19)27-10-12-28(13-11-27)31(29,30)15-17-2-4-18(22)5-3-17/h2-9,14H,10-13,15H2,1H3,(H,23,24,25). The second kappa shape index (κ2) is 8.94. The van der Waals surface area contributed by atoms with Crippen molar-refractivity contribution in [3.05, 3.63) is 71.7 Å². The molecule has 0 bridgehead atoms. The van der Waals surface area contributed by atoms with Gasteiger partial charge in [-0.25, -0.2) is 17.8 Å². The summed E-state index contributed by atoms with van der Waals surface area (Å²) in [6.07, 6.45) is 1.73. The molecule has 162 valence electrons. The number of hydrogen-bond acceptors (Lipinski definition) is 7. The molecule has 0 spiro atoms. The molecular formula is C21H23FN6O2S. The zero-order valence-electron chi connectivity index (χ0n) is 17.1. The summed E-state index contributed by atoms with van der Waals surface area (Å²) in [4.78, 5) is 6.25. The first-order valence-electron chi connectivity index (χ1n) is 9.90. The zero-order chi connectivity index (χ0) is 21.8. The average Bonchev–Trinajstić information content (AvgIpc) is 2.76. The third kappa shape index (κ3) is 5.33. The van der Waals surface area contributed by atoms with Crippen LogP contribution in [0.5, 0.6) is 0 Å². The first kappa shape index (κ1) is 21.1. The molecule has 10 heteroatoms. The van der Waals surface area contributed by atoms with Gasteiger partial charge < -0.3 is 10.2 Å². The van der Waals surface area contributed by atoms with Gasteiger partial charge in [0.25, 0.3) is 0 Å². The molecule has 2 aromatic heterocycles. The molecule has 3 heterocycles. The van der Waals surface area contributed by atoms with E-state index in [1.165, 1.54) is 28.6 Å². The molecule has 1 saturated heterocycles. The van der Waals surface area contributed by atoms with E-state index < -0.39 is 10.0 Å². The van der Waals surface area contributed by atoms with Crippen molar-refractivity contribution in [2.24, 2.45) is 0 Å². The lowest BCUT2D eigenvalue weighted by molar-refractivity contribution is 0.383. The van der Waals surface area contributed by atoms with Crippen molar-refractivity contribution >= 4 is 27.5 Å². The molecule has 4 rings (SSSR count). The molecule has 0 saturated carbocycles. The quantitative estimate of drug-likeness (QED) is 0.628. The maximum absolute atomic E-state index is 13.0. The Morgan fingerprint density at radius 2 is 1.71 bits per heavy atom. The Morgan fingerprint density at radius 1 is 0.968 bits per heavy atom. The van der Waals surface area contributed by atoms with Gasteiger partial charge in [-0.05, 0) is 54.4 Å². The molecule has 8 nitrogen and oxygen atoms in total. The van der Waals surface area contributed by atoms with Crippen LogP contribution in [-0.4, -0.2) is 54.1 Å². The Hall–Kier alpha value is -3.11. The summed E-state index contributed by atoms with van der Waals surface area (Å²) in [6, 6.07) is 13.1. The first-order valence-corrected chi connectivity index (χ1v) is 11.5. The van der Waals surface area contributed by atoms with Crippen LogP contribution in [0.1, 0.15) is 11.1 Å². The number of sulfonamides is 1. The van der Waals surface area contributed by atoms with E-state index in [1.807, 2.05) is 36.1 Å². The predicted molar refractivity (Wildman–Crippen MR) is 117 cm³/mol. The number of hydrogen-bond donors (Lipinski definition) is 1. The van der Waals surface area contributed by atoms with Crippen LogP contribution in [-0.2, 0) is 15.8 Å². The number of nitrogens with one attached hydrogen (secondary N) is 1. The van der Waals surface area contributed by atoms with Crippen LogP contribution in [0.2, 0.25) is 0 Å². The van der Waals surface area contributed by atoms with E-state index in [9.17, 15) is 12.8 Å². The minimum Gasteiger partial charge on any atom is -0.352 e. The number of nitrogens with zero attached hydrogens (tertiary/aromatic N) is 5. The highest BCUT2D eigenvalue weighted by Gasteiger charge is 2.27. The number of halogens is 1. The number of anilines is 3. The maximum Gasteiger partial charge on any atom is 0.218 e. The van der Waals surface area contributed by atoms with E-state index >= 15 is 0 Å². The van der Waals surface area contributed by atoms with Crippen LogP contribution in [0.25, 0.3) is 0 Å². The summed E-state index contributed by atoms with van der Waals surface area (Å²) < 4.78 is 39.9. The molecule has 31 heavy (non-hydrogen) atoms. The predicted octanol–water partition coefficient (Wildman–Crippen LogP) is 2.71. The number of aromatic nitrogens is 3. The van der Waals surface area contributed by atoms with Crippen LogP contribution < -0.4 is 10.2 Å². The van der Waals surface area contributed by atoms with Crippen molar-refractivity contribution < 1.29 is 12.8 Å². The molecule has 1 aromatic carbocycles. The van der Waals surface area contributed by atoms with Crippen LogP contribution in [0.4, 0.5) is 21.8 Å². The van der Waals surface area contributed by atoms with Crippen LogP contribution in [0, 0.1) is 12.7 Å². The lowest BCUT2D eigenvalue weighted by atomic mass is 10.2. The Morgan fingerprint density at radius 3 is 2.35 bits per heavy atom. The fraction of sp³-hybridized carbons (Fsp3) is 0.286. The molecule has 1 aliphatic heterocycles. The Labute approximate surface area is 180 Å². The van der Waals surface area contributed by atoms with Gasteiger partial charge in [0, 0.05) is 32.4 Å². The lowest BCUT2D eigenvalue weighted by Crippen LogP contribution is -2.49. The van der Waals surface area contributed by atoms with Crippen molar-refractivity contribution in [2.45, 2.75) is 12.7 Å². The fourth-order valence-electron chi connectivity index (χ4n) is 3.37. The maximum atomic E-state index is 13.0. The largest absolute Gasteiger partial charge is 0.352 e. The van der Waals surface area contributed by atoms with Gasteiger partial charge in [-0.3, -0.25) is 0 Å². The summed E-state index contributed by atoms with van der Waals surface area (Å²) in [5.74, 6) is 1.45. The van der Waals surface area contributed by atoms with Gasteiger partial charge in [0.2, 0.25) is 10.0 Å².